The van der Waals surface area contributed by atoms with Crippen LogP contribution in [-0.2, 0) is 23.1 Å². The molecular formula is C30H33ClF2N4O4. The number of nitrogens with one attached hydrogen (secondary N) is 1. The number of aliphatic carboxylic acids is 1. The monoisotopic (exact) mass is 586 g/mol. The van der Waals surface area contributed by atoms with Gasteiger partial charge in [0.25, 0.3) is 5.91 Å². The average molecular weight is 587 g/mol. The fraction of sp³-hybridized carbons (Fsp3) is 0.433. The molecule has 2 aliphatic rings. The van der Waals surface area contributed by atoms with Crippen molar-refractivity contribution in [2.45, 2.75) is 44.3 Å². The lowest BCUT2D eigenvalue weighted by Crippen LogP contribution is -2.41. The first-order chi connectivity index (χ1) is 19.6. The van der Waals surface area contributed by atoms with Crippen LogP contribution in [0.25, 0.3) is 10.9 Å². The predicted molar refractivity (Wildman–Crippen MR) is 152 cm³/mol. The number of alkyl halides is 1. The predicted octanol–water partition coefficient (Wildman–Crippen LogP) is 4.89. The topological polar surface area (TPSA) is 94.9 Å². The second-order valence-electron chi connectivity index (χ2n) is 11.0. The van der Waals surface area contributed by atoms with E-state index in [-0.39, 0.29) is 53.5 Å². The molecule has 0 radical (unpaired) electrons. The third-order valence-electron chi connectivity index (χ3n) is 8.27. The molecule has 3 aromatic rings. The van der Waals surface area contributed by atoms with Crippen LogP contribution < -0.4 is 5.32 Å². The van der Waals surface area contributed by atoms with Gasteiger partial charge >= 0.3 is 5.97 Å². The van der Waals surface area contributed by atoms with E-state index in [1.807, 2.05) is 35.9 Å². The van der Waals surface area contributed by atoms with E-state index in [0.717, 1.165) is 17.0 Å². The summed E-state index contributed by atoms with van der Waals surface area (Å²) in [5.74, 6) is -2.62. The quantitative estimate of drug-likeness (QED) is 0.392. The second-order valence-corrected chi connectivity index (χ2v) is 11.4. The van der Waals surface area contributed by atoms with E-state index in [9.17, 15) is 23.9 Å². The van der Waals surface area contributed by atoms with Crippen molar-refractivity contribution in [1.82, 2.24) is 14.4 Å². The van der Waals surface area contributed by atoms with Crippen molar-refractivity contribution < 1.29 is 28.3 Å². The van der Waals surface area contributed by atoms with Crippen LogP contribution >= 0.6 is 11.6 Å². The normalized spacial score (nSPS) is 20.0. The van der Waals surface area contributed by atoms with Crippen LogP contribution in [0.4, 0.5) is 14.5 Å². The number of likely N-dealkylation sites (tertiary alicyclic amines) is 2. The lowest BCUT2D eigenvalue weighted by atomic mass is 9.97. The summed E-state index contributed by atoms with van der Waals surface area (Å²) in [4.78, 5) is 41.0. The van der Waals surface area contributed by atoms with Crippen molar-refractivity contribution in [2.24, 2.45) is 13.0 Å². The van der Waals surface area contributed by atoms with E-state index in [0.29, 0.717) is 44.5 Å². The van der Waals surface area contributed by atoms with Gasteiger partial charge in [-0.1, -0.05) is 29.8 Å². The minimum atomic E-state index is -1.15. The van der Waals surface area contributed by atoms with Crippen molar-refractivity contribution in [1.29, 1.82) is 0 Å². The maximum atomic E-state index is 15.1. The molecule has 1 aromatic heterocycles. The van der Waals surface area contributed by atoms with E-state index >= 15 is 4.39 Å². The molecule has 8 nitrogen and oxygen atoms in total. The van der Waals surface area contributed by atoms with Crippen LogP contribution in [0.3, 0.4) is 0 Å². The molecule has 0 spiro atoms. The summed E-state index contributed by atoms with van der Waals surface area (Å²) in [5, 5.41) is 12.7. The molecule has 2 aromatic carbocycles. The first-order valence-corrected chi connectivity index (χ1v) is 14.2. The molecule has 11 heteroatoms. The van der Waals surface area contributed by atoms with Gasteiger partial charge in [-0.3, -0.25) is 14.4 Å². The van der Waals surface area contributed by atoms with E-state index < -0.39 is 23.9 Å². The number of benzene rings is 2. The molecule has 0 saturated carbocycles. The van der Waals surface area contributed by atoms with Gasteiger partial charge in [-0.15, -0.1) is 0 Å². The fourth-order valence-corrected chi connectivity index (χ4v) is 6.20. The number of carbonyl (C=O) groups is 3. The van der Waals surface area contributed by atoms with Crippen LogP contribution in [0.15, 0.2) is 42.6 Å². The Morgan fingerprint density at radius 3 is 2.61 bits per heavy atom. The highest BCUT2D eigenvalue weighted by molar-refractivity contribution is 6.34. The highest BCUT2D eigenvalue weighted by Gasteiger charge is 2.36. The van der Waals surface area contributed by atoms with Gasteiger partial charge in [0.1, 0.15) is 12.0 Å². The third-order valence-corrected chi connectivity index (χ3v) is 8.58. The molecular weight excluding hydrogens is 554 g/mol. The number of nitrogens with zero attached hydrogens (tertiary/aromatic N) is 3. The average Bonchev–Trinajstić information content (AvgIpc) is 3.50. The van der Waals surface area contributed by atoms with Crippen molar-refractivity contribution in [3.8, 4) is 0 Å². The number of fused-ring (bicyclic) bond motifs is 1. The number of aromatic nitrogens is 1. The molecule has 2 N–H and O–H groups in total. The minimum absolute atomic E-state index is 0.0425. The lowest BCUT2D eigenvalue weighted by Gasteiger charge is -2.32. The molecule has 41 heavy (non-hydrogen) atoms. The van der Waals surface area contributed by atoms with Crippen LogP contribution in [0.5, 0.6) is 0 Å². The molecule has 2 fully saturated rings. The molecule has 3 heterocycles. The zero-order chi connectivity index (χ0) is 29.3. The number of amides is 2. The van der Waals surface area contributed by atoms with Gasteiger partial charge in [-0.05, 0) is 56.1 Å². The van der Waals surface area contributed by atoms with Gasteiger partial charge < -0.3 is 24.8 Å². The standard InChI is InChI=1S/C30H33ClF2N4O4/c1-35-17-23(22-4-2-3-5-27(22)35)29(39)34-26-15-25(33)19(12-24(26)31)13-28(38)37-16-20(32)14-21(37)8-11-36-9-6-18(7-10-36)30(40)41/h2-5,12,15,17-18,20-21H,6-11,13-14,16H2,1H3,(H,34,39)(H,40,41)/t20-,21+/m0/s1. The summed E-state index contributed by atoms with van der Waals surface area (Å²) < 4.78 is 31.3. The Morgan fingerprint density at radius 2 is 1.88 bits per heavy atom. The van der Waals surface area contributed by atoms with Crippen LogP contribution in [0.2, 0.25) is 5.02 Å². The number of carboxylic acids is 1. The zero-order valence-electron chi connectivity index (χ0n) is 22.8. The SMILES string of the molecule is Cn1cc(C(=O)Nc2cc(F)c(CC(=O)N3C[C@@H](F)C[C@H]3CCN3CCC(C(=O)O)CC3)cc2Cl)c2ccccc21. The van der Waals surface area contributed by atoms with E-state index in [2.05, 4.69) is 10.2 Å². The number of aryl methyl sites for hydroxylation is 1. The van der Waals surface area contributed by atoms with Crippen molar-refractivity contribution in [3.63, 3.8) is 0 Å². The smallest absolute Gasteiger partial charge is 0.306 e. The molecule has 0 aliphatic carbocycles. The molecule has 0 unspecified atom stereocenters. The highest BCUT2D eigenvalue weighted by atomic mass is 35.5. The number of hydrogen-bond acceptors (Lipinski definition) is 4. The first kappa shape index (κ1) is 29.0. The molecule has 218 valence electrons. The Labute approximate surface area is 241 Å². The third kappa shape index (κ3) is 6.38. The lowest BCUT2D eigenvalue weighted by molar-refractivity contribution is -0.143. The maximum absolute atomic E-state index is 15.1. The molecule has 2 atom stereocenters. The van der Waals surface area contributed by atoms with Crippen molar-refractivity contribution in [3.05, 3.63) is 64.6 Å². The summed E-state index contributed by atoms with van der Waals surface area (Å²) >= 11 is 6.40. The number of carbonyl (C=O) groups excluding carboxylic acids is 2. The summed E-state index contributed by atoms with van der Waals surface area (Å²) in [6.45, 7) is 1.91. The number of piperidine rings is 1. The van der Waals surface area contributed by atoms with Crippen LogP contribution in [0, 0.1) is 11.7 Å². The molecule has 2 amide bonds. The fourth-order valence-electron chi connectivity index (χ4n) is 5.97. The van der Waals surface area contributed by atoms with Crippen molar-refractivity contribution >= 4 is 46.0 Å². The maximum Gasteiger partial charge on any atom is 0.306 e. The Hall–Kier alpha value is -3.50. The molecule has 2 saturated heterocycles. The molecule has 2 aliphatic heterocycles. The Bertz CT molecular complexity index is 1470. The van der Waals surface area contributed by atoms with Gasteiger partial charge in [0.15, 0.2) is 0 Å². The minimum Gasteiger partial charge on any atom is -0.481 e. The number of hydrogen-bond donors (Lipinski definition) is 2. The van der Waals surface area contributed by atoms with E-state index in [1.54, 1.807) is 6.20 Å². The summed E-state index contributed by atoms with van der Waals surface area (Å²) in [7, 11) is 1.83. The van der Waals surface area contributed by atoms with Gasteiger partial charge in [-0.25, -0.2) is 8.78 Å². The number of rotatable bonds is 8. The highest BCUT2D eigenvalue weighted by Crippen LogP contribution is 2.30. The largest absolute Gasteiger partial charge is 0.481 e. The number of para-hydroxylation sites is 1. The first-order valence-electron chi connectivity index (χ1n) is 13.8. The number of carboxylic acid groups (broad SMARTS) is 1. The molecule has 0 bridgehead atoms. The Balaban J connectivity index is 1.21. The Morgan fingerprint density at radius 1 is 1.15 bits per heavy atom. The number of halogens is 3. The van der Waals surface area contributed by atoms with Gasteiger partial charge in [-0.2, -0.15) is 0 Å². The summed E-state index contributed by atoms with van der Waals surface area (Å²) in [6.07, 6.45) is 2.20. The van der Waals surface area contributed by atoms with Crippen LogP contribution in [0.1, 0.15) is 41.6 Å². The van der Waals surface area contributed by atoms with Crippen molar-refractivity contribution in [2.75, 3.05) is 31.5 Å². The summed E-state index contributed by atoms with van der Waals surface area (Å²) in [6, 6.07) is 9.55. The van der Waals surface area contributed by atoms with Crippen LogP contribution in [-0.4, -0.2) is 75.6 Å². The molecule has 5 rings (SSSR count). The zero-order valence-corrected chi connectivity index (χ0v) is 23.5. The Kier molecular flexibility index (Phi) is 8.60. The van der Waals surface area contributed by atoms with Gasteiger partial charge in [0, 0.05) is 43.2 Å². The summed E-state index contributed by atoms with van der Waals surface area (Å²) in [5.41, 5.74) is 1.46. The van der Waals surface area contributed by atoms with E-state index in [1.165, 1.54) is 11.0 Å². The van der Waals surface area contributed by atoms with Gasteiger partial charge in [0.2, 0.25) is 5.91 Å². The number of anilines is 1. The van der Waals surface area contributed by atoms with E-state index in [4.69, 9.17) is 11.6 Å². The van der Waals surface area contributed by atoms with Gasteiger partial charge in [0.05, 0.1) is 35.2 Å². The second kappa shape index (κ2) is 12.2.